The molecule has 0 spiro atoms. The number of thioether (sulfide) groups is 1. The Balaban J connectivity index is 1.55. The van der Waals surface area contributed by atoms with E-state index in [1.54, 1.807) is 6.07 Å². The van der Waals surface area contributed by atoms with E-state index in [9.17, 15) is 33.0 Å². The maximum Gasteiger partial charge on any atom is 0.353 e. The van der Waals surface area contributed by atoms with Gasteiger partial charge in [0.1, 0.15) is 5.70 Å². The fourth-order valence-electron chi connectivity index (χ4n) is 5.68. The SMILES string of the molecule is CC(=O)Nc1cccc(CN2C[C@@H](SC3=C(C(=O)O)N4C(=O)[C@H]([C@@H](C)O)[C@H]4[C@H]3C)C[C@H]2CNS(N)(=O)=O)c1. The zero-order valence-corrected chi connectivity index (χ0v) is 23.0. The molecule has 3 heterocycles. The molecule has 0 radical (unpaired) electrons. The lowest BCUT2D eigenvalue weighted by Gasteiger charge is -2.46. The summed E-state index contributed by atoms with van der Waals surface area (Å²) in [6, 6.07) is 6.75. The van der Waals surface area contributed by atoms with Gasteiger partial charge in [0.15, 0.2) is 0 Å². The smallest absolute Gasteiger partial charge is 0.353 e. The average Bonchev–Trinajstić information content (AvgIpc) is 3.28. The van der Waals surface area contributed by atoms with Gasteiger partial charge in [-0.15, -0.1) is 11.8 Å². The standard InChI is InChI=1S/C24H33N5O7S2/c1-12-20-19(13(2)30)23(32)29(20)21(24(33)34)22(12)37-18-8-17(9-26-38(25,35)36)28(11-18)10-15-5-4-6-16(7-15)27-14(3)31/h4-7,12-13,17-20,26,30H,8-11H2,1-3H3,(H,27,31)(H,33,34)(H2,25,35,36)/t12-,13-,17+,18+,19-,20-/m1/s1. The van der Waals surface area contributed by atoms with Crippen LogP contribution in [0.25, 0.3) is 0 Å². The number of aliphatic hydroxyl groups is 1. The number of β-lactam (4-membered cyclic amide) rings is 1. The third kappa shape index (κ3) is 5.90. The zero-order chi connectivity index (χ0) is 27.9. The first kappa shape index (κ1) is 28.5. The van der Waals surface area contributed by atoms with Crippen molar-refractivity contribution in [3.05, 3.63) is 40.4 Å². The Bertz CT molecular complexity index is 1270. The highest BCUT2D eigenvalue weighted by Crippen LogP contribution is 2.52. The van der Waals surface area contributed by atoms with Gasteiger partial charge in [0.05, 0.1) is 18.1 Å². The van der Waals surface area contributed by atoms with Crippen molar-refractivity contribution < 1.29 is 33.0 Å². The molecule has 12 nitrogen and oxygen atoms in total. The van der Waals surface area contributed by atoms with Gasteiger partial charge in [-0.05, 0) is 31.0 Å². The maximum atomic E-state index is 12.7. The number of carboxylic acid groups (broad SMARTS) is 1. The highest BCUT2D eigenvalue weighted by Gasteiger charge is 2.60. The van der Waals surface area contributed by atoms with Crippen LogP contribution in [-0.2, 0) is 31.1 Å². The van der Waals surface area contributed by atoms with E-state index in [2.05, 4.69) is 14.9 Å². The third-order valence-electron chi connectivity index (χ3n) is 7.25. The van der Waals surface area contributed by atoms with Crippen molar-refractivity contribution >= 4 is 45.4 Å². The van der Waals surface area contributed by atoms with E-state index in [-0.39, 0.29) is 41.3 Å². The molecule has 2 amide bonds. The van der Waals surface area contributed by atoms with Crippen molar-refractivity contribution in [2.24, 2.45) is 17.0 Å². The number of hydrogen-bond acceptors (Lipinski definition) is 8. The molecule has 14 heteroatoms. The van der Waals surface area contributed by atoms with E-state index >= 15 is 0 Å². The highest BCUT2D eigenvalue weighted by molar-refractivity contribution is 8.03. The van der Waals surface area contributed by atoms with Gasteiger partial charge in [-0.2, -0.15) is 8.42 Å². The van der Waals surface area contributed by atoms with Crippen molar-refractivity contribution in [3.63, 3.8) is 0 Å². The number of fused-ring (bicyclic) bond motifs is 1. The number of carbonyl (C=O) groups excluding carboxylic acids is 2. The van der Waals surface area contributed by atoms with Crippen molar-refractivity contribution in [3.8, 4) is 0 Å². The lowest BCUT2D eigenvalue weighted by molar-refractivity contribution is -0.163. The van der Waals surface area contributed by atoms with Crippen molar-refractivity contribution in [2.45, 2.75) is 57.2 Å². The predicted octanol–water partition coefficient (Wildman–Crippen LogP) is 0.268. The minimum Gasteiger partial charge on any atom is -0.477 e. The largest absolute Gasteiger partial charge is 0.477 e. The molecule has 0 aliphatic carbocycles. The summed E-state index contributed by atoms with van der Waals surface area (Å²) in [5, 5.41) is 27.9. The molecule has 3 aliphatic heterocycles. The Morgan fingerprint density at radius 2 is 2.03 bits per heavy atom. The number of carboxylic acids is 1. The van der Waals surface area contributed by atoms with Crippen LogP contribution in [0.5, 0.6) is 0 Å². The predicted molar refractivity (Wildman–Crippen MR) is 142 cm³/mol. The van der Waals surface area contributed by atoms with E-state index in [0.717, 1.165) is 5.56 Å². The first-order chi connectivity index (χ1) is 17.8. The summed E-state index contributed by atoms with van der Waals surface area (Å²) in [7, 11) is -3.91. The third-order valence-corrected chi connectivity index (χ3v) is 9.31. The van der Waals surface area contributed by atoms with Crippen LogP contribution >= 0.6 is 11.8 Å². The van der Waals surface area contributed by atoms with Crippen LogP contribution in [0.1, 0.15) is 32.8 Å². The van der Waals surface area contributed by atoms with Crippen LogP contribution in [0.2, 0.25) is 0 Å². The van der Waals surface area contributed by atoms with E-state index in [1.165, 1.54) is 30.5 Å². The minimum absolute atomic E-state index is 0.0323. The van der Waals surface area contributed by atoms with Gasteiger partial charge < -0.3 is 20.4 Å². The van der Waals surface area contributed by atoms with Crippen molar-refractivity contribution in [2.75, 3.05) is 18.4 Å². The number of rotatable bonds is 10. The lowest BCUT2D eigenvalue weighted by Crippen LogP contribution is -2.63. The van der Waals surface area contributed by atoms with Crippen molar-refractivity contribution in [1.29, 1.82) is 0 Å². The number of hydrogen-bond donors (Lipinski definition) is 5. The molecule has 2 saturated heterocycles. The molecule has 208 valence electrons. The number of nitrogens with zero attached hydrogens (tertiary/aromatic N) is 2. The number of aliphatic carboxylic acids is 1. The van der Waals surface area contributed by atoms with Crippen LogP contribution in [-0.4, -0.2) is 82.7 Å². The van der Waals surface area contributed by atoms with E-state index in [4.69, 9.17) is 5.14 Å². The Kier molecular flexibility index (Phi) is 8.21. The highest BCUT2D eigenvalue weighted by atomic mass is 32.2. The van der Waals surface area contributed by atoms with E-state index in [0.29, 0.717) is 30.1 Å². The van der Waals surface area contributed by atoms with Gasteiger partial charge in [0.25, 0.3) is 10.2 Å². The second kappa shape index (κ2) is 10.9. The first-order valence-electron chi connectivity index (χ1n) is 12.3. The van der Waals surface area contributed by atoms with Crippen LogP contribution in [0.15, 0.2) is 34.9 Å². The molecule has 0 unspecified atom stereocenters. The first-order valence-corrected chi connectivity index (χ1v) is 14.7. The summed E-state index contributed by atoms with van der Waals surface area (Å²) in [5.41, 5.74) is 1.53. The van der Waals surface area contributed by atoms with Crippen LogP contribution in [0.4, 0.5) is 5.69 Å². The van der Waals surface area contributed by atoms with Crippen LogP contribution in [0.3, 0.4) is 0 Å². The number of carbonyl (C=O) groups is 3. The number of amides is 2. The van der Waals surface area contributed by atoms with Gasteiger partial charge in [0.2, 0.25) is 11.8 Å². The molecular weight excluding hydrogens is 534 g/mol. The minimum atomic E-state index is -3.91. The molecule has 0 bridgehead atoms. The van der Waals surface area contributed by atoms with E-state index < -0.39 is 34.2 Å². The molecule has 6 N–H and O–H groups in total. The molecule has 0 aromatic heterocycles. The number of benzene rings is 1. The van der Waals surface area contributed by atoms with Crippen LogP contribution in [0, 0.1) is 11.8 Å². The van der Waals surface area contributed by atoms with Crippen LogP contribution < -0.4 is 15.2 Å². The molecule has 38 heavy (non-hydrogen) atoms. The molecule has 1 aromatic rings. The van der Waals surface area contributed by atoms with Gasteiger partial charge in [-0.25, -0.2) is 14.7 Å². The molecule has 2 fully saturated rings. The molecule has 6 atom stereocenters. The number of nitrogens with one attached hydrogen (secondary N) is 2. The Morgan fingerprint density at radius 3 is 2.63 bits per heavy atom. The topological polar surface area (TPSA) is 182 Å². The quantitative estimate of drug-likeness (QED) is 0.248. The Hall–Kier alpha value is -2.49. The molecule has 1 aromatic carbocycles. The summed E-state index contributed by atoms with van der Waals surface area (Å²) < 4.78 is 25.5. The van der Waals surface area contributed by atoms with Crippen molar-refractivity contribution in [1.82, 2.24) is 14.5 Å². The number of likely N-dealkylation sites (tertiary alicyclic amines) is 1. The lowest BCUT2D eigenvalue weighted by atomic mass is 9.79. The molecule has 0 saturated carbocycles. The zero-order valence-electron chi connectivity index (χ0n) is 21.3. The van der Waals surface area contributed by atoms with E-state index in [1.807, 2.05) is 25.1 Å². The number of nitrogens with two attached hydrogens (primary N) is 1. The number of aliphatic hydroxyl groups excluding tert-OH is 1. The van der Waals surface area contributed by atoms with Gasteiger partial charge in [-0.3, -0.25) is 14.5 Å². The summed E-state index contributed by atoms with van der Waals surface area (Å²) in [5.74, 6) is -2.65. The maximum absolute atomic E-state index is 12.7. The normalized spacial score (nSPS) is 28.3. The number of anilines is 1. The van der Waals surface area contributed by atoms with Gasteiger partial charge in [0, 0.05) is 54.4 Å². The summed E-state index contributed by atoms with van der Waals surface area (Å²) in [6.07, 6.45) is -0.324. The Labute approximate surface area is 225 Å². The molecular formula is C24H33N5O7S2. The van der Waals surface area contributed by atoms with Gasteiger partial charge in [-0.1, -0.05) is 19.1 Å². The molecule has 3 aliphatic rings. The molecule has 4 rings (SSSR count). The second-order valence-electron chi connectivity index (χ2n) is 10.1. The van der Waals surface area contributed by atoms with Gasteiger partial charge >= 0.3 is 5.97 Å². The summed E-state index contributed by atoms with van der Waals surface area (Å²) >= 11 is 1.40. The Morgan fingerprint density at radius 1 is 1.32 bits per heavy atom. The second-order valence-corrected chi connectivity index (χ2v) is 12.8. The summed E-state index contributed by atoms with van der Waals surface area (Å²) in [4.78, 5) is 40.3. The average molecular weight is 568 g/mol. The fourth-order valence-corrected chi connectivity index (χ4v) is 7.70. The summed E-state index contributed by atoms with van der Waals surface area (Å²) in [6.45, 7) is 5.93. The monoisotopic (exact) mass is 567 g/mol. The fraction of sp³-hybridized carbons (Fsp3) is 0.542.